The summed E-state index contributed by atoms with van der Waals surface area (Å²) < 4.78 is 12.2. The minimum Gasteiger partial charge on any atom is -0.469 e. The van der Waals surface area contributed by atoms with E-state index in [2.05, 4.69) is 13.8 Å². The number of nitrogens with zero attached hydrogens (tertiary/aromatic N) is 1. The third-order valence-corrected chi connectivity index (χ3v) is 2.95. The smallest absolute Gasteiger partial charge is 0.354 e. The Labute approximate surface area is 113 Å². The number of hydrogen-bond acceptors (Lipinski definition) is 3. The summed E-state index contributed by atoms with van der Waals surface area (Å²) in [6.45, 7) is 5.03. The van der Waals surface area contributed by atoms with Crippen molar-refractivity contribution in [1.82, 2.24) is 4.57 Å². The first-order valence-corrected chi connectivity index (χ1v) is 6.41. The van der Waals surface area contributed by atoms with E-state index in [1.165, 1.54) is 7.11 Å². The number of rotatable bonds is 5. The summed E-state index contributed by atoms with van der Waals surface area (Å²) in [6, 6.07) is 7.57. The maximum absolute atomic E-state index is 11.8. The van der Waals surface area contributed by atoms with Crippen LogP contribution in [0.3, 0.4) is 0 Å². The van der Waals surface area contributed by atoms with E-state index in [1.54, 1.807) is 6.26 Å². The van der Waals surface area contributed by atoms with E-state index in [0.29, 0.717) is 18.0 Å². The van der Waals surface area contributed by atoms with Crippen LogP contribution in [0.15, 0.2) is 34.9 Å². The van der Waals surface area contributed by atoms with Gasteiger partial charge in [0, 0.05) is 18.7 Å². The summed E-state index contributed by atoms with van der Waals surface area (Å²) in [7, 11) is 1.40. The van der Waals surface area contributed by atoms with Gasteiger partial charge in [-0.1, -0.05) is 13.8 Å². The topological polar surface area (TPSA) is 44.4 Å². The molecule has 0 radical (unpaired) electrons. The highest BCUT2D eigenvalue weighted by Crippen LogP contribution is 2.17. The molecular formula is C15H19NO3. The molecule has 0 spiro atoms. The molecule has 4 heteroatoms. The largest absolute Gasteiger partial charge is 0.469 e. The molecule has 0 amide bonds. The van der Waals surface area contributed by atoms with Gasteiger partial charge in [-0.15, -0.1) is 0 Å². The van der Waals surface area contributed by atoms with Crippen molar-refractivity contribution in [2.24, 2.45) is 5.92 Å². The van der Waals surface area contributed by atoms with Crippen LogP contribution in [-0.2, 0) is 17.7 Å². The van der Waals surface area contributed by atoms with Crippen molar-refractivity contribution in [2.75, 3.05) is 7.11 Å². The lowest BCUT2D eigenvalue weighted by Crippen LogP contribution is -2.16. The molecule has 0 saturated heterocycles. The molecule has 0 N–H and O–H groups in total. The highest BCUT2D eigenvalue weighted by Gasteiger charge is 2.16. The Morgan fingerprint density at radius 1 is 1.37 bits per heavy atom. The fourth-order valence-corrected chi connectivity index (χ4v) is 2.12. The average molecular weight is 261 g/mol. The van der Waals surface area contributed by atoms with Crippen molar-refractivity contribution in [3.63, 3.8) is 0 Å². The zero-order valence-corrected chi connectivity index (χ0v) is 11.6. The molecule has 0 atom stereocenters. The van der Waals surface area contributed by atoms with Crippen LogP contribution in [0.4, 0.5) is 0 Å². The van der Waals surface area contributed by atoms with Gasteiger partial charge in [0.15, 0.2) is 0 Å². The molecule has 0 unspecified atom stereocenters. The van der Waals surface area contributed by atoms with Crippen LogP contribution in [0.1, 0.15) is 35.8 Å². The van der Waals surface area contributed by atoms with Gasteiger partial charge >= 0.3 is 5.97 Å². The number of hydrogen-bond donors (Lipinski definition) is 0. The molecule has 0 aliphatic carbocycles. The van der Waals surface area contributed by atoms with Crippen molar-refractivity contribution in [2.45, 2.75) is 26.8 Å². The van der Waals surface area contributed by atoms with Gasteiger partial charge in [0.1, 0.15) is 11.5 Å². The van der Waals surface area contributed by atoms with Gasteiger partial charge < -0.3 is 13.7 Å². The van der Waals surface area contributed by atoms with Crippen LogP contribution in [0, 0.1) is 5.92 Å². The van der Waals surface area contributed by atoms with Gasteiger partial charge in [0.05, 0.1) is 13.4 Å². The minimum atomic E-state index is -0.300. The zero-order valence-electron chi connectivity index (χ0n) is 11.6. The third kappa shape index (κ3) is 3.08. The van der Waals surface area contributed by atoms with Crippen molar-refractivity contribution in [3.05, 3.63) is 47.7 Å². The Balaban J connectivity index is 2.32. The SMILES string of the molecule is COC(=O)c1ccc(Cc2ccco2)n1CC(C)C. The lowest BCUT2D eigenvalue weighted by Gasteiger charge is -2.14. The van der Waals surface area contributed by atoms with Crippen LogP contribution >= 0.6 is 0 Å². The third-order valence-electron chi connectivity index (χ3n) is 2.95. The van der Waals surface area contributed by atoms with Gasteiger partial charge in [-0.05, 0) is 30.2 Å². The summed E-state index contributed by atoms with van der Waals surface area (Å²) in [6.07, 6.45) is 2.34. The Kier molecular flexibility index (Phi) is 4.10. The predicted octanol–water partition coefficient (Wildman–Crippen LogP) is 3.11. The fourth-order valence-electron chi connectivity index (χ4n) is 2.12. The second kappa shape index (κ2) is 5.78. The molecular weight excluding hydrogens is 242 g/mol. The van der Waals surface area contributed by atoms with E-state index in [0.717, 1.165) is 18.0 Å². The summed E-state index contributed by atoms with van der Waals surface area (Å²) in [5, 5.41) is 0. The molecule has 2 rings (SSSR count). The normalized spacial score (nSPS) is 10.9. The van der Waals surface area contributed by atoms with Crippen LogP contribution < -0.4 is 0 Å². The van der Waals surface area contributed by atoms with Crippen LogP contribution in [0.5, 0.6) is 0 Å². The molecule has 102 valence electrons. The Hall–Kier alpha value is -1.97. The van der Waals surface area contributed by atoms with Crippen LogP contribution in [0.25, 0.3) is 0 Å². The van der Waals surface area contributed by atoms with Crippen LogP contribution in [-0.4, -0.2) is 17.6 Å². The molecule has 0 aromatic carbocycles. The number of furan rings is 1. The van der Waals surface area contributed by atoms with E-state index in [9.17, 15) is 4.79 Å². The van der Waals surface area contributed by atoms with Gasteiger partial charge in [-0.2, -0.15) is 0 Å². The van der Waals surface area contributed by atoms with E-state index in [1.807, 2.05) is 28.8 Å². The molecule has 2 heterocycles. The first-order valence-electron chi connectivity index (χ1n) is 6.41. The van der Waals surface area contributed by atoms with Crippen LogP contribution in [0.2, 0.25) is 0 Å². The summed E-state index contributed by atoms with van der Waals surface area (Å²) >= 11 is 0. The Morgan fingerprint density at radius 2 is 2.16 bits per heavy atom. The quantitative estimate of drug-likeness (QED) is 0.777. The highest BCUT2D eigenvalue weighted by atomic mass is 16.5. The van der Waals surface area contributed by atoms with E-state index >= 15 is 0 Å². The fraction of sp³-hybridized carbons (Fsp3) is 0.400. The Morgan fingerprint density at radius 3 is 2.74 bits per heavy atom. The maximum Gasteiger partial charge on any atom is 0.354 e. The van der Waals surface area contributed by atoms with Gasteiger partial charge in [0.25, 0.3) is 0 Å². The van der Waals surface area contributed by atoms with Gasteiger partial charge in [0.2, 0.25) is 0 Å². The summed E-state index contributed by atoms with van der Waals surface area (Å²) in [5.74, 6) is 1.04. The van der Waals surface area contributed by atoms with E-state index in [-0.39, 0.29) is 5.97 Å². The molecule has 0 bridgehead atoms. The maximum atomic E-state index is 11.8. The molecule has 4 nitrogen and oxygen atoms in total. The molecule has 0 fully saturated rings. The molecule has 0 aliphatic heterocycles. The van der Waals surface area contributed by atoms with Crippen molar-refractivity contribution in [3.8, 4) is 0 Å². The lowest BCUT2D eigenvalue weighted by atomic mass is 10.2. The lowest BCUT2D eigenvalue weighted by molar-refractivity contribution is 0.0587. The number of esters is 1. The van der Waals surface area contributed by atoms with E-state index in [4.69, 9.17) is 9.15 Å². The van der Waals surface area contributed by atoms with Crippen molar-refractivity contribution >= 4 is 5.97 Å². The Bertz CT molecular complexity index is 538. The average Bonchev–Trinajstić information content (AvgIpc) is 3.00. The van der Waals surface area contributed by atoms with E-state index < -0.39 is 0 Å². The summed E-state index contributed by atoms with van der Waals surface area (Å²) in [5.41, 5.74) is 1.65. The standard InChI is InChI=1S/C15H19NO3/c1-11(2)10-16-12(9-13-5-4-8-19-13)6-7-14(16)15(17)18-3/h4-8,11H,9-10H2,1-3H3. The highest BCUT2D eigenvalue weighted by molar-refractivity contribution is 5.87. The predicted molar refractivity (Wildman–Crippen MR) is 72.1 cm³/mol. The number of methoxy groups -OCH3 is 1. The first kappa shape index (κ1) is 13.5. The number of ether oxygens (including phenoxy) is 1. The molecule has 2 aromatic rings. The zero-order chi connectivity index (χ0) is 13.8. The number of aromatic nitrogens is 1. The molecule has 0 saturated carbocycles. The molecule has 0 aliphatic rings. The second-order valence-corrected chi connectivity index (χ2v) is 4.96. The van der Waals surface area contributed by atoms with Gasteiger partial charge in [-0.25, -0.2) is 4.79 Å². The van der Waals surface area contributed by atoms with Crippen molar-refractivity contribution in [1.29, 1.82) is 0 Å². The first-order chi connectivity index (χ1) is 9.11. The molecule has 19 heavy (non-hydrogen) atoms. The molecule has 2 aromatic heterocycles. The van der Waals surface area contributed by atoms with Gasteiger partial charge in [-0.3, -0.25) is 0 Å². The number of carbonyl (C=O) groups is 1. The van der Waals surface area contributed by atoms with Crippen molar-refractivity contribution < 1.29 is 13.9 Å². The minimum absolute atomic E-state index is 0.300. The summed E-state index contributed by atoms with van der Waals surface area (Å²) in [4.78, 5) is 11.8. The second-order valence-electron chi connectivity index (χ2n) is 4.96. The monoisotopic (exact) mass is 261 g/mol. The number of carbonyl (C=O) groups excluding carboxylic acids is 1.